The molecule has 3 fully saturated rings. The number of phenols is 1. The van der Waals surface area contributed by atoms with Gasteiger partial charge in [0, 0.05) is 30.6 Å². The summed E-state index contributed by atoms with van der Waals surface area (Å²) in [5, 5.41) is 13.9. The normalized spacial score (nSPS) is 20.9. The van der Waals surface area contributed by atoms with Gasteiger partial charge in [-0.2, -0.15) is 23.1 Å². The Morgan fingerprint density at radius 1 is 1.07 bits per heavy atom. The van der Waals surface area contributed by atoms with E-state index in [1.54, 1.807) is 0 Å². The second-order valence-corrected chi connectivity index (χ2v) is 13.3. The van der Waals surface area contributed by atoms with Gasteiger partial charge in [0.05, 0.1) is 16.5 Å². The molecule has 3 saturated heterocycles. The van der Waals surface area contributed by atoms with Gasteiger partial charge in [-0.05, 0) is 74.1 Å². The zero-order valence-corrected chi connectivity index (χ0v) is 25.3. The summed E-state index contributed by atoms with van der Waals surface area (Å²) in [6.07, 6.45) is 4.08. The minimum absolute atomic E-state index is 0.0170. The average Bonchev–Trinajstić information content (AvgIpc) is 3.56. The number of nitrogens with zero attached hydrogens (tertiary/aromatic N) is 5. The second-order valence-electron chi connectivity index (χ2n) is 12.2. The van der Waals surface area contributed by atoms with Crippen molar-refractivity contribution in [1.82, 2.24) is 25.2 Å². The number of nitrogens with one attached hydrogen (secondary N) is 1. The first-order valence-corrected chi connectivity index (χ1v) is 16.0. The highest BCUT2D eigenvalue weighted by Crippen LogP contribution is 2.48. The number of alkyl halides is 3. The number of hydrogen-bond acceptors (Lipinski definition) is 10. The first-order chi connectivity index (χ1) is 22.1. The highest BCUT2D eigenvalue weighted by atomic mass is 32.2. The first-order valence-electron chi connectivity index (χ1n) is 15.2. The van der Waals surface area contributed by atoms with Crippen molar-refractivity contribution in [1.29, 1.82) is 0 Å². The third-order valence-corrected chi connectivity index (χ3v) is 10.3. The summed E-state index contributed by atoms with van der Waals surface area (Å²) in [4.78, 5) is 17.4. The van der Waals surface area contributed by atoms with Crippen LogP contribution in [0.25, 0.3) is 32.9 Å². The van der Waals surface area contributed by atoms with Gasteiger partial charge >= 0.3 is 11.5 Å². The van der Waals surface area contributed by atoms with E-state index < -0.39 is 39.5 Å². The largest absolute Gasteiger partial charge is 0.508 e. The summed E-state index contributed by atoms with van der Waals surface area (Å²) in [6.45, 7) is 4.25. The van der Waals surface area contributed by atoms with Crippen LogP contribution in [0, 0.1) is 11.6 Å². The third-order valence-electron chi connectivity index (χ3n) is 9.51. The smallest absolute Gasteiger partial charge is 0.446 e. The maximum atomic E-state index is 16.9. The number of halogens is 5. The van der Waals surface area contributed by atoms with Crippen LogP contribution < -0.4 is 19.7 Å². The minimum Gasteiger partial charge on any atom is -0.508 e. The summed E-state index contributed by atoms with van der Waals surface area (Å²) >= 11 is -0.652. The number of hydrogen-bond donors (Lipinski definition) is 2. The van der Waals surface area contributed by atoms with Gasteiger partial charge in [0.1, 0.15) is 47.2 Å². The van der Waals surface area contributed by atoms with Crippen LogP contribution in [-0.2, 0) is 0 Å². The first kappa shape index (κ1) is 29.7. The van der Waals surface area contributed by atoms with Crippen LogP contribution in [0.15, 0.2) is 29.2 Å². The average molecular weight is 661 g/mol. The molecule has 0 amide bonds. The Hall–Kier alpha value is -3.69. The number of piperazine rings is 1. The fourth-order valence-electron chi connectivity index (χ4n) is 7.48. The number of aromatic hydroxyl groups is 1. The van der Waals surface area contributed by atoms with Gasteiger partial charge < -0.3 is 24.8 Å². The fourth-order valence-corrected chi connectivity index (χ4v) is 8.20. The summed E-state index contributed by atoms with van der Waals surface area (Å²) in [7, 11) is 0. The Labute approximate surface area is 264 Å². The third kappa shape index (κ3) is 4.94. The van der Waals surface area contributed by atoms with Gasteiger partial charge in [-0.25, -0.2) is 13.8 Å². The van der Waals surface area contributed by atoms with Crippen LogP contribution >= 0.6 is 11.8 Å². The molecule has 0 radical (unpaired) electrons. The van der Waals surface area contributed by atoms with Crippen molar-refractivity contribution < 1.29 is 36.5 Å². The summed E-state index contributed by atoms with van der Waals surface area (Å²) in [6, 6.07) is 4.16. The molecule has 4 aliphatic rings. The van der Waals surface area contributed by atoms with E-state index in [0.29, 0.717) is 32.1 Å². The topological polar surface area (TPSA) is 95.9 Å². The lowest BCUT2D eigenvalue weighted by atomic mass is 9.95. The Balaban J connectivity index is 1.34. The summed E-state index contributed by atoms with van der Waals surface area (Å²) in [5.41, 5.74) is -5.84. The van der Waals surface area contributed by atoms with E-state index in [2.05, 4.69) is 20.2 Å². The number of thioether (sulfide) groups is 1. The molecule has 0 spiro atoms. The quantitative estimate of drug-likeness (QED) is 0.208. The van der Waals surface area contributed by atoms with Crippen LogP contribution in [0.3, 0.4) is 0 Å². The predicted octanol–water partition coefficient (Wildman–Crippen LogP) is 5.62. The lowest BCUT2D eigenvalue weighted by Gasteiger charge is -2.35. The van der Waals surface area contributed by atoms with Gasteiger partial charge in [0.25, 0.3) is 0 Å². The van der Waals surface area contributed by atoms with Crippen molar-refractivity contribution >= 4 is 39.3 Å². The van der Waals surface area contributed by atoms with Crippen molar-refractivity contribution in [2.75, 3.05) is 50.8 Å². The molecular formula is C31H29F5N6O3S. The molecule has 0 bridgehead atoms. The van der Waals surface area contributed by atoms with Gasteiger partial charge in [0.15, 0.2) is 5.82 Å². The Morgan fingerprint density at radius 2 is 1.87 bits per heavy atom. The molecule has 9 nitrogen and oxygen atoms in total. The molecule has 2 aromatic carbocycles. The molecule has 2 N–H and O–H groups in total. The number of ether oxygens (including phenoxy) is 2. The van der Waals surface area contributed by atoms with E-state index in [1.165, 1.54) is 12.1 Å². The lowest BCUT2D eigenvalue weighted by molar-refractivity contribution is -0.0328. The Kier molecular flexibility index (Phi) is 7.07. The minimum atomic E-state index is -4.84. The van der Waals surface area contributed by atoms with E-state index in [1.807, 2.05) is 4.90 Å². The molecular weight excluding hydrogens is 631 g/mol. The number of benzene rings is 2. The zero-order valence-electron chi connectivity index (χ0n) is 24.5. The number of fused-ring (bicyclic) bond motifs is 4. The zero-order chi connectivity index (χ0) is 31.8. The monoisotopic (exact) mass is 660 g/mol. The van der Waals surface area contributed by atoms with Crippen molar-refractivity contribution in [2.45, 2.75) is 47.7 Å². The van der Waals surface area contributed by atoms with E-state index in [9.17, 15) is 18.3 Å². The van der Waals surface area contributed by atoms with E-state index in [-0.39, 0.29) is 63.1 Å². The van der Waals surface area contributed by atoms with E-state index >= 15 is 8.78 Å². The standard InChI is InChI=1S/C31H29F5N6O3S/c32-20-4-3-16-11-18(43)12-19(21(16)26(20)46-31(34,35)36)24-23(33)25-22-27(42-10-7-37-13-17(42)14-44-28(22)38-24)40-29(39-25)45-15-30-5-1-8-41(30)9-2-6-30/h3-4,11-12,17,37,43H,1-2,5-10,13-15H2/t17-/m0/s1. The molecule has 46 heavy (non-hydrogen) atoms. The maximum Gasteiger partial charge on any atom is 0.446 e. The molecule has 242 valence electrons. The highest BCUT2D eigenvalue weighted by Gasteiger charge is 2.45. The molecule has 2 aromatic heterocycles. The molecule has 1 atom stereocenters. The van der Waals surface area contributed by atoms with Crippen molar-refractivity contribution in [3.63, 3.8) is 0 Å². The summed E-state index contributed by atoms with van der Waals surface area (Å²) in [5.74, 6) is -2.11. The lowest BCUT2D eigenvalue weighted by Crippen LogP contribution is -2.53. The second kappa shape index (κ2) is 10.9. The number of rotatable bonds is 5. The molecule has 0 aliphatic carbocycles. The number of pyridine rings is 1. The molecule has 15 heteroatoms. The fraction of sp³-hybridized carbons (Fsp3) is 0.452. The van der Waals surface area contributed by atoms with Crippen LogP contribution in [0.4, 0.5) is 27.8 Å². The van der Waals surface area contributed by atoms with E-state index in [0.717, 1.165) is 50.9 Å². The summed E-state index contributed by atoms with van der Waals surface area (Å²) < 4.78 is 85.1. The number of phenolic OH excluding ortho intramolecular Hbond substituents is 1. The number of aromatic nitrogens is 3. The molecule has 8 rings (SSSR count). The van der Waals surface area contributed by atoms with Gasteiger partial charge in [-0.15, -0.1) is 0 Å². The van der Waals surface area contributed by atoms with Gasteiger partial charge in [-0.1, -0.05) is 6.07 Å². The van der Waals surface area contributed by atoms with Crippen molar-refractivity contribution in [3.8, 4) is 28.9 Å². The van der Waals surface area contributed by atoms with Crippen LogP contribution in [0.5, 0.6) is 17.6 Å². The van der Waals surface area contributed by atoms with Gasteiger partial charge in [0.2, 0.25) is 5.88 Å². The predicted molar refractivity (Wildman–Crippen MR) is 162 cm³/mol. The molecule has 4 aromatic rings. The van der Waals surface area contributed by atoms with E-state index in [4.69, 9.17) is 14.5 Å². The van der Waals surface area contributed by atoms with Crippen LogP contribution in [-0.4, -0.2) is 88.0 Å². The van der Waals surface area contributed by atoms with Crippen molar-refractivity contribution in [2.24, 2.45) is 0 Å². The number of anilines is 1. The molecule has 6 heterocycles. The van der Waals surface area contributed by atoms with Crippen LogP contribution in [0.1, 0.15) is 25.7 Å². The SMILES string of the molecule is Oc1cc(-c2nc3c4c(nc(OCC56CCCN5CCC6)nc4c2F)N2CCNC[C@H]2CO3)c2c(SC(F)(F)F)c(F)ccc2c1. The Morgan fingerprint density at radius 3 is 2.65 bits per heavy atom. The Bertz CT molecular complexity index is 1870. The van der Waals surface area contributed by atoms with Gasteiger partial charge in [-0.3, -0.25) is 4.90 Å². The molecule has 0 unspecified atom stereocenters. The highest BCUT2D eigenvalue weighted by molar-refractivity contribution is 8.00. The van der Waals surface area contributed by atoms with Crippen LogP contribution in [0.2, 0.25) is 0 Å². The molecule has 4 aliphatic heterocycles. The maximum absolute atomic E-state index is 16.9. The molecule has 0 saturated carbocycles. The van der Waals surface area contributed by atoms with Crippen molar-refractivity contribution in [3.05, 3.63) is 35.9 Å².